The second-order valence-electron chi connectivity index (χ2n) is 12.7. The molecule has 4 aromatic carbocycles. The number of alkyl halides is 3. The van der Waals surface area contributed by atoms with Gasteiger partial charge in [-0.2, -0.15) is 22.3 Å². The number of methoxy groups -OCH3 is 3. The van der Waals surface area contributed by atoms with Crippen LogP contribution in [0.5, 0.6) is 17.2 Å². The van der Waals surface area contributed by atoms with E-state index in [2.05, 4.69) is 15.4 Å². The number of hydrogen-bond donors (Lipinski definition) is 0. The lowest BCUT2D eigenvalue weighted by molar-refractivity contribution is -0.139. The van der Waals surface area contributed by atoms with E-state index in [1.165, 1.54) is 32.2 Å². The van der Waals surface area contributed by atoms with E-state index >= 15 is 21.6 Å². The maximum atomic E-state index is 15.1. The Balaban J connectivity index is 1.54. The first kappa shape index (κ1) is 37.5. The summed E-state index contributed by atoms with van der Waals surface area (Å²) >= 11 is 0. The highest BCUT2D eigenvalue weighted by Crippen LogP contribution is 2.46. The standard InChI is InChI=1S/C38H38F3N5O6S/c1-50-30-14-4-25(5-15-30)22-45(23-26-6-16-31(51-2)17-7-26)53(48,49)36-34(38(39,40)41)21-20-33(28-10-12-29(47)13-11-28)35(36)37-42-44-46(43-37)24-27-8-18-32(52-3)19-9-27/h4-9,14-21,28H,10-13,22-24H2,1-3H3. The van der Waals surface area contributed by atoms with Gasteiger partial charge in [0, 0.05) is 31.5 Å². The smallest absolute Gasteiger partial charge is 0.417 e. The van der Waals surface area contributed by atoms with Gasteiger partial charge in [0.25, 0.3) is 0 Å². The summed E-state index contributed by atoms with van der Waals surface area (Å²) in [5, 5.41) is 12.8. The number of ether oxygens (including phenoxy) is 3. The minimum absolute atomic E-state index is 0.0382. The van der Waals surface area contributed by atoms with Gasteiger partial charge >= 0.3 is 6.18 Å². The van der Waals surface area contributed by atoms with Gasteiger partial charge in [-0.3, -0.25) is 4.79 Å². The van der Waals surface area contributed by atoms with Gasteiger partial charge in [-0.25, -0.2) is 8.42 Å². The number of aromatic nitrogens is 4. The first-order chi connectivity index (χ1) is 25.4. The molecule has 0 unspecified atom stereocenters. The fraction of sp³-hybridized carbons (Fsp3) is 0.316. The van der Waals surface area contributed by atoms with E-state index in [1.54, 1.807) is 72.8 Å². The highest BCUT2D eigenvalue weighted by molar-refractivity contribution is 7.89. The molecule has 1 saturated carbocycles. The van der Waals surface area contributed by atoms with Crippen LogP contribution in [0, 0.1) is 0 Å². The molecule has 1 fully saturated rings. The summed E-state index contributed by atoms with van der Waals surface area (Å²) in [4.78, 5) is 12.5. The highest BCUT2D eigenvalue weighted by atomic mass is 32.2. The molecule has 0 radical (unpaired) electrons. The van der Waals surface area contributed by atoms with Gasteiger partial charge < -0.3 is 14.2 Å². The van der Waals surface area contributed by atoms with Crippen molar-refractivity contribution in [2.45, 2.75) is 62.3 Å². The number of ketones is 1. The average Bonchev–Trinajstić information content (AvgIpc) is 3.63. The maximum absolute atomic E-state index is 15.1. The van der Waals surface area contributed by atoms with Crippen LogP contribution in [-0.4, -0.2) is 60.0 Å². The van der Waals surface area contributed by atoms with Crippen molar-refractivity contribution in [2.75, 3.05) is 21.3 Å². The van der Waals surface area contributed by atoms with Gasteiger partial charge in [-0.1, -0.05) is 42.5 Å². The first-order valence-corrected chi connectivity index (χ1v) is 18.3. The zero-order valence-corrected chi connectivity index (χ0v) is 30.2. The van der Waals surface area contributed by atoms with Crippen molar-refractivity contribution < 1.29 is 40.6 Å². The van der Waals surface area contributed by atoms with E-state index < -0.39 is 32.6 Å². The van der Waals surface area contributed by atoms with E-state index in [-0.39, 0.29) is 49.6 Å². The molecule has 6 rings (SSSR count). The quantitative estimate of drug-likeness (QED) is 0.125. The number of sulfonamides is 1. The number of carbonyl (C=O) groups excluding carboxylic acids is 1. The summed E-state index contributed by atoms with van der Waals surface area (Å²) < 4.78 is 92.3. The van der Waals surface area contributed by atoms with Gasteiger partial charge in [0.2, 0.25) is 15.8 Å². The Kier molecular flexibility index (Phi) is 11.1. The van der Waals surface area contributed by atoms with Crippen LogP contribution < -0.4 is 14.2 Å². The Hall–Kier alpha value is -5.28. The van der Waals surface area contributed by atoms with Gasteiger partial charge in [0.15, 0.2) is 0 Å². The van der Waals surface area contributed by atoms with Gasteiger partial charge in [0.1, 0.15) is 27.9 Å². The molecule has 0 N–H and O–H groups in total. The van der Waals surface area contributed by atoms with Crippen molar-refractivity contribution in [3.05, 3.63) is 113 Å². The first-order valence-electron chi connectivity index (χ1n) is 16.8. The van der Waals surface area contributed by atoms with E-state index in [4.69, 9.17) is 14.2 Å². The lowest BCUT2D eigenvalue weighted by Gasteiger charge is -2.29. The summed E-state index contributed by atoms with van der Waals surface area (Å²) in [6.07, 6.45) is -3.99. The fourth-order valence-corrected chi connectivity index (χ4v) is 8.26. The summed E-state index contributed by atoms with van der Waals surface area (Å²) in [5.41, 5.74) is 0.454. The van der Waals surface area contributed by atoms with Crippen LogP contribution >= 0.6 is 0 Å². The van der Waals surface area contributed by atoms with Crippen molar-refractivity contribution in [2.24, 2.45) is 0 Å². The number of tetrazole rings is 1. The molecule has 278 valence electrons. The molecule has 53 heavy (non-hydrogen) atoms. The summed E-state index contributed by atoms with van der Waals surface area (Å²) in [6, 6.07) is 22.4. The monoisotopic (exact) mass is 749 g/mol. The Morgan fingerprint density at radius 1 is 0.755 bits per heavy atom. The molecule has 0 spiro atoms. The molecule has 0 saturated heterocycles. The second kappa shape index (κ2) is 15.8. The number of nitrogens with zero attached hydrogens (tertiary/aromatic N) is 5. The molecule has 11 nitrogen and oxygen atoms in total. The fourth-order valence-electron chi connectivity index (χ4n) is 6.44. The Morgan fingerprint density at radius 2 is 1.25 bits per heavy atom. The predicted molar refractivity (Wildman–Crippen MR) is 189 cm³/mol. The molecular weight excluding hydrogens is 712 g/mol. The molecule has 0 bridgehead atoms. The van der Waals surface area contributed by atoms with Crippen LogP contribution in [0.4, 0.5) is 13.2 Å². The summed E-state index contributed by atoms with van der Waals surface area (Å²) in [6.45, 7) is -0.434. The molecule has 5 aromatic rings. The van der Waals surface area contributed by atoms with Crippen molar-refractivity contribution >= 4 is 15.8 Å². The normalized spacial score (nSPS) is 14.1. The molecule has 1 heterocycles. The predicted octanol–water partition coefficient (Wildman–Crippen LogP) is 7.05. The summed E-state index contributed by atoms with van der Waals surface area (Å²) in [7, 11) is -0.476. The minimum Gasteiger partial charge on any atom is -0.497 e. The van der Waals surface area contributed by atoms with Crippen molar-refractivity contribution in [1.82, 2.24) is 24.5 Å². The molecule has 0 amide bonds. The van der Waals surface area contributed by atoms with Gasteiger partial charge in [-0.15, -0.1) is 10.2 Å². The van der Waals surface area contributed by atoms with Crippen LogP contribution in [0.1, 0.15) is 59.4 Å². The highest BCUT2D eigenvalue weighted by Gasteiger charge is 2.43. The van der Waals surface area contributed by atoms with Crippen LogP contribution in [0.15, 0.2) is 89.8 Å². The van der Waals surface area contributed by atoms with E-state index in [0.29, 0.717) is 46.8 Å². The van der Waals surface area contributed by atoms with E-state index in [0.717, 1.165) is 15.9 Å². The number of Topliss-reactive ketones (excluding diaryl/α,β-unsaturated/α-hetero) is 1. The average molecular weight is 750 g/mol. The Bertz CT molecular complexity index is 2100. The zero-order valence-electron chi connectivity index (χ0n) is 29.3. The third kappa shape index (κ3) is 8.52. The van der Waals surface area contributed by atoms with Gasteiger partial charge in [-0.05, 0) is 88.7 Å². The van der Waals surface area contributed by atoms with E-state index in [9.17, 15) is 4.79 Å². The third-order valence-corrected chi connectivity index (χ3v) is 11.1. The Labute approximate surface area is 305 Å². The third-order valence-electron chi connectivity index (χ3n) is 9.27. The topological polar surface area (TPSA) is 126 Å². The SMILES string of the molecule is COc1ccc(CN(Cc2ccc(OC)cc2)S(=O)(=O)c2c(C(F)(F)F)ccc(C3CCC(=O)CC3)c2-c2nnn(Cc3ccc(OC)cc3)n2)cc1. The molecule has 1 aliphatic carbocycles. The van der Waals surface area contributed by atoms with Crippen molar-refractivity contribution in [3.8, 4) is 28.6 Å². The molecule has 0 aliphatic heterocycles. The molecule has 1 aliphatic rings. The number of rotatable bonds is 13. The van der Waals surface area contributed by atoms with Crippen LogP contribution in [0.2, 0.25) is 0 Å². The molecule has 1 aromatic heterocycles. The molecular formula is C38H38F3N5O6S. The van der Waals surface area contributed by atoms with Crippen LogP contribution in [0.25, 0.3) is 11.4 Å². The zero-order chi connectivity index (χ0) is 37.8. The van der Waals surface area contributed by atoms with Crippen LogP contribution in [0.3, 0.4) is 0 Å². The molecule has 15 heteroatoms. The lowest BCUT2D eigenvalue weighted by atomic mass is 9.81. The van der Waals surface area contributed by atoms with Gasteiger partial charge in [0.05, 0.1) is 33.4 Å². The number of halogens is 3. The van der Waals surface area contributed by atoms with E-state index in [1.807, 2.05) is 0 Å². The number of carbonyl (C=O) groups is 1. The van der Waals surface area contributed by atoms with Crippen molar-refractivity contribution in [1.29, 1.82) is 0 Å². The summed E-state index contributed by atoms with van der Waals surface area (Å²) in [5.74, 6) is 1.03. The van der Waals surface area contributed by atoms with Crippen LogP contribution in [-0.2, 0) is 40.6 Å². The maximum Gasteiger partial charge on any atom is 0.417 e. The molecule has 0 atom stereocenters. The lowest BCUT2D eigenvalue weighted by Crippen LogP contribution is -2.33. The largest absolute Gasteiger partial charge is 0.497 e. The Morgan fingerprint density at radius 3 is 1.72 bits per heavy atom. The van der Waals surface area contributed by atoms with Crippen molar-refractivity contribution in [3.63, 3.8) is 0 Å². The number of benzene rings is 4. The number of hydrogen-bond acceptors (Lipinski definition) is 9. The minimum atomic E-state index is -5.08. The second-order valence-corrected chi connectivity index (χ2v) is 14.6.